The van der Waals surface area contributed by atoms with Crippen molar-refractivity contribution in [3.63, 3.8) is 0 Å². The Hall–Kier alpha value is -1.57. The third-order valence-corrected chi connectivity index (χ3v) is 5.02. The molecule has 0 aromatic carbocycles. The van der Waals surface area contributed by atoms with Crippen LogP contribution in [-0.2, 0) is 4.79 Å². The van der Waals surface area contributed by atoms with Gasteiger partial charge in [0.25, 0.3) is 0 Å². The van der Waals surface area contributed by atoms with Gasteiger partial charge in [0.2, 0.25) is 11.9 Å². The van der Waals surface area contributed by atoms with Gasteiger partial charge >= 0.3 is 0 Å². The maximum Gasteiger partial charge on any atom is 0.230 e. The molecule has 0 bridgehead atoms. The average molecular weight is 339 g/mol. The van der Waals surface area contributed by atoms with Crippen LogP contribution in [0.5, 0.6) is 0 Å². The van der Waals surface area contributed by atoms with Gasteiger partial charge in [0, 0.05) is 26.1 Å². The Kier molecular flexibility index (Phi) is 4.89. The number of anilines is 2. The van der Waals surface area contributed by atoms with E-state index in [1.165, 1.54) is 30.8 Å². The summed E-state index contributed by atoms with van der Waals surface area (Å²) in [4.78, 5) is 22.3. The van der Waals surface area contributed by atoms with Gasteiger partial charge in [0.15, 0.2) is 11.6 Å². The van der Waals surface area contributed by atoms with E-state index in [2.05, 4.69) is 20.6 Å². The topological polar surface area (TPSA) is 70.2 Å². The first kappa shape index (κ1) is 16.3. The Balaban J connectivity index is 1.73. The molecule has 1 amide bonds. The van der Waals surface area contributed by atoms with E-state index in [1.807, 2.05) is 11.2 Å². The number of rotatable bonds is 6. The van der Waals surface area contributed by atoms with Crippen LogP contribution < -0.4 is 15.5 Å². The second kappa shape index (κ2) is 6.90. The van der Waals surface area contributed by atoms with Crippen molar-refractivity contribution in [2.45, 2.75) is 18.9 Å². The maximum absolute atomic E-state index is 13.5. The molecule has 2 heterocycles. The fourth-order valence-electron chi connectivity index (χ4n) is 3.21. The van der Waals surface area contributed by atoms with E-state index in [9.17, 15) is 9.18 Å². The van der Waals surface area contributed by atoms with Crippen molar-refractivity contribution in [1.29, 1.82) is 0 Å². The Bertz CT molecular complexity index is 583. The molecule has 126 valence electrons. The summed E-state index contributed by atoms with van der Waals surface area (Å²) in [5.41, 5.74) is 0. The number of aromatic nitrogens is 2. The van der Waals surface area contributed by atoms with Gasteiger partial charge in [-0.05, 0) is 25.0 Å². The SMILES string of the molecule is CNc1nc(N2C[C@@H](NC(=O)CSC)[C@H](C3CC3)C2)ncc1F. The van der Waals surface area contributed by atoms with Gasteiger partial charge in [0.1, 0.15) is 0 Å². The van der Waals surface area contributed by atoms with Crippen molar-refractivity contribution in [2.75, 3.05) is 42.4 Å². The first-order valence-electron chi connectivity index (χ1n) is 7.86. The minimum absolute atomic E-state index is 0.0749. The van der Waals surface area contributed by atoms with Crippen molar-refractivity contribution in [1.82, 2.24) is 15.3 Å². The molecule has 1 aromatic heterocycles. The van der Waals surface area contributed by atoms with Crippen molar-refractivity contribution in [3.05, 3.63) is 12.0 Å². The van der Waals surface area contributed by atoms with Gasteiger partial charge in [-0.2, -0.15) is 16.7 Å². The number of thioether (sulfide) groups is 1. The van der Waals surface area contributed by atoms with Crippen LogP contribution >= 0.6 is 11.8 Å². The van der Waals surface area contributed by atoms with E-state index >= 15 is 0 Å². The highest BCUT2D eigenvalue weighted by molar-refractivity contribution is 7.99. The van der Waals surface area contributed by atoms with Gasteiger partial charge in [-0.1, -0.05) is 0 Å². The monoisotopic (exact) mass is 339 g/mol. The lowest BCUT2D eigenvalue weighted by Gasteiger charge is -2.18. The number of nitrogens with one attached hydrogen (secondary N) is 2. The molecule has 8 heteroatoms. The number of carbonyl (C=O) groups is 1. The lowest BCUT2D eigenvalue weighted by atomic mass is 9.98. The summed E-state index contributed by atoms with van der Waals surface area (Å²) in [6.45, 7) is 1.49. The van der Waals surface area contributed by atoms with Crippen LogP contribution in [0.4, 0.5) is 16.2 Å². The third kappa shape index (κ3) is 3.68. The Labute approximate surface area is 139 Å². The summed E-state index contributed by atoms with van der Waals surface area (Å²) < 4.78 is 13.5. The minimum Gasteiger partial charge on any atom is -0.371 e. The summed E-state index contributed by atoms with van der Waals surface area (Å²) >= 11 is 1.52. The molecule has 2 aliphatic rings. The fraction of sp³-hybridized carbons (Fsp3) is 0.667. The largest absolute Gasteiger partial charge is 0.371 e. The van der Waals surface area contributed by atoms with Gasteiger partial charge in [-0.25, -0.2) is 9.37 Å². The molecular weight excluding hydrogens is 317 g/mol. The van der Waals surface area contributed by atoms with Gasteiger partial charge in [-0.3, -0.25) is 4.79 Å². The van der Waals surface area contributed by atoms with E-state index < -0.39 is 5.82 Å². The first-order chi connectivity index (χ1) is 11.1. The van der Waals surface area contributed by atoms with Crippen LogP contribution in [-0.4, -0.2) is 54.1 Å². The molecular formula is C15H22FN5OS. The molecule has 1 aromatic rings. The standard InChI is InChI=1S/C15H22FN5OS/c1-17-14-11(16)5-18-15(20-14)21-6-10(9-3-4-9)12(7-21)19-13(22)8-23-2/h5,9-10,12H,3-4,6-8H2,1-2H3,(H,19,22)(H,17,18,20)/t10-,12+/m0/s1. The number of amides is 1. The molecule has 0 unspecified atom stereocenters. The van der Waals surface area contributed by atoms with Crippen LogP contribution in [0.1, 0.15) is 12.8 Å². The quantitative estimate of drug-likeness (QED) is 0.815. The molecule has 1 saturated heterocycles. The molecule has 1 aliphatic carbocycles. The highest BCUT2D eigenvalue weighted by Crippen LogP contribution is 2.42. The minimum atomic E-state index is -0.459. The van der Waals surface area contributed by atoms with Crippen LogP contribution in [0.2, 0.25) is 0 Å². The average Bonchev–Trinajstić information content (AvgIpc) is 3.29. The van der Waals surface area contributed by atoms with Crippen molar-refractivity contribution < 1.29 is 9.18 Å². The van der Waals surface area contributed by atoms with Crippen molar-refractivity contribution in [3.8, 4) is 0 Å². The number of nitrogens with zero attached hydrogens (tertiary/aromatic N) is 3. The summed E-state index contributed by atoms with van der Waals surface area (Å²) in [5.74, 6) is 1.90. The van der Waals surface area contributed by atoms with Crippen LogP contribution in [0.15, 0.2) is 6.20 Å². The molecule has 3 rings (SSSR count). The summed E-state index contributed by atoms with van der Waals surface area (Å²) in [6, 6.07) is 0.119. The zero-order valence-electron chi connectivity index (χ0n) is 13.4. The highest BCUT2D eigenvalue weighted by atomic mass is 32.2. The normalized spacial score (nSPS) is 23.9. The van der Waals surface area contributed by atoms with E-state index in [0.717, 1.165) is 6.54 Å². The lowest BCUT2D eigenvalue weighted by Crippen LogP contribution is -2.42. The molecule has 1 aliphatic heterocycles. The zero-order chi connectivity index (χ0) is 16.4. The van der Waals surface area contributed by atoms with E-state index in [1.54, 1.807) is 7.05 Å². The molecule has 2 atom stereocenters. The lowest BCUT2D eigenvalue weighted by molar-refractivity contribution is -0.119. The van der Waals surface area contributed by atoms with Gasteiger partial charge in [0.05, 0.1) is 18.0 Å². The number of carbonyl (C=O) groups excluding carboxylic acids is 1. The third-order valence-electron chi connectivity index (χ3n) is 4.47. The first-order valence-corrected chi connectivity index (χ1v) is 9.25. The smallest absolute Gasteiger partial charge is 0.230 e. The van der Waals surface area contributed by atoms with Crippen molar-refractivity contribution in [2.24, 2.45) is 11.8 Å². The van der Waals surface area contributed by atoms with Crippen LogP contribution in [0.3, 0.4) is 0 Å². The molecule has 23 heavy (non-hydrogen) atoms. The van der Waals surface area contributed by atoms with Gasteiger partial charge in [-0.15, -0.1) is 0 Å². The molecule has 1 saturated carbocycles. The summed E-state index contributed by atoms with van der Waals surface area (Å²) in [5, 5.41) is 5.88. The molecule has 2 N–H and O–H groups in total. The Morgan fingerprint density at radius 3 is 2.91 bits per heavy atom. The summed E-state index contributed by atoms with van der Waals surface area (Å²) in [6.07, 6.45) is 5.56. The molecule has 0 radical (unpaired) electrons. The Morgan fingerprint density at radius 1 is 1.48 bits per heavy atom. The molecule has 2 fully saturated rings. The van der Waals surface area contributed by atoms with Crippen molar-refractivity contribution >= 4 is 29.4 Å². The number of hydrogen-bond acceptors (Lipinski definition) is 6. The second-order valence-corrected chi connectivity index (χ2v) is 7.00. The predicted octanol–water partition coefficient (Wildman–Crippen LogP) is 1.35. The number of halogens is 1. The maximum atomic E-state index is 13.5. The predicted molar refractivity (Wildman–Crippen MR) is 90.3 cm³/mol. The van der Waals surface area contributed by atoms with Crippen LogP contribution in [0, 0.1) is 17.7 Å². The van der Waals surface area contributed by atoms with Crippen LogP contribution in [0.25, 0.3) is 0 Å². The Morgan fingerprint density at radius 2 is 2.26 bits per heavy atom. The molecule has 6 nitrogen and oxygen atoms in total. The second-order valence-electron chi connectivity index (χ2n) is 6.13. The fourth-order valence-corrected chi connectivity index (χ4v) is 3.56. The highest BCUT2D eigenvalue weighted by Gasteiger charge is 2.43. The number of hydrogen-bond donors (Lipinski definition) is 2. The zero-order valence-corrected chi connectivity index (χ0v) is 14.2. The molecule has 0 spiro atoms. The summed E-state index contributed by atoms with van der Waals surface area (Å²) in [7, 11) is 1.64. The van der Waals surface area contributed by atoms with E-state index in [-0.39, 0.29) is 17.8 Å². The van der Waals surface area contributed by atoms with E-state index in [4.69, 9.17) is 0 Å². The van der Waals surface area contributed by atoms with E-state index in [0.29, 0.717) is 30.1 Å². The van der Waals surface area contributed by atoms with Gasteiger partial charge < -0.3 is 15.5 Å².